The number of Topliss-reactive ketones (excluding diaryl/α,β-unsaturated/α-hetero) is 1. The van der Waals surface area contributed by atoms with E-state index >= 15 is 0 Å². The summed E-state index contributed by atoms with van der Waals surface area (Å²) in [7, 11) is 0. The lowest BCUT2D eigenvalue weighted by Crippen LogP contribution is -2.47. The third-order valence-electron chi connectivity index (χ3n) is 3.62. The fourth-order valence-corrected chi connectivity index (χ4v) is 2.18. The van der Waals surface area contributed by atoms with E-state index in [0.717, 1.165) is 0 Å². The molecule has 1 amide bonds. The number of alkyl halides is 2. The molecule has 1 saturated heterocycles. The number of hydrogen-bond donors (Lipinski definition) is 0. The standard InChI is InChI=1S/C11H15F2NO2.C2H6/c1-8(15)10(2-3-10)9(16)14-6-4-11(12,13)5-7-14;1-2/h2-7H2,1H3;1-2H3. The van der Waals surface area contributed by atoms with Gasteiger partial charge < -0.3 is 4.90 Å². The summed E-state index contributed by atoms with van der Waals surface area (Å²) in [5.74, 6) is -3.02. The van der Waals surface area contributed by atoms with Gasteiger partial charge in [0.1, 0.15) is 11.2 Å². The van der Waals surface area contributed by atoms with Gasteiger partial charge in [0.15, 0.2) is 0 Å². The van der Waals surface area contributed by atoms with Gasteiger partial charge in [-0.15, -0.1) is 0 Å². The molecular weight excluding hydrogens is 240 g/mol. The molecule has 5 heteroatoms. The molecule has 1 heterocycles. The van der Waals surface area contributed by atoms with Crippen LogP contribution in [0.3, 0.4) is 0 Å². The van der Waals surface area contributed by atoms with E-state index in [2.05, 4.69) is 0 Å². The predicted molar refractivity (Wildman–Crippen MR) is 64.5 cm³/mol. The normalized spacial score (nSPS) is 23.7. The summed E-state index contributed by atoms with van der Waals surface area (Å²) >= 11 is 0. The van der Waals surface area contributed by atoms with Crippen molar-refractivity contribution < 1.29 is 18.4 Å². The Morgan fingerprint density at radius 1 is 1.00 bits per heavy atom. The predicted octanol–water partition coefficient (Wildman–Crippen LogP) is 2.64. The topological polar surface area (TPSA) is 37.4 Å². The Labute approximate surface area is 107 Å². The van der Waals surface area contributed by atoms with Gasteiger partial charge in [-0.1, -0.05) is 13.8 Å². The average molecular weight is 261 g/mol. The van der Waals surface area contributed by atoms with Gasteiger partial charge in [0.05, 0.1) is 0 Å². The van der Waals surface area contributed by atoms with Crippen LogP contribution in [0.5, 0.6) is 0 Å². The minimum Gasteiger partial charge on any atom is -0.341 e. The zero-order valence-corrected chi connectivity index (χ0v) is 11.3. The number of ketones is 1. The number of likely N-dealkylation sites (tertiary alicyclic amines) is 1. The third-order valence-corrected chi connectivity index (χ3v) is 3.62. The number of carbonyl (C=O) groups excluding carboxylic acids is 2. The molecule has 104 valence electrons. The minimum absolute atomic E-state index is 0.0703. The van der Waals surface area contributed by atoms with Crippen molar-refractivity contribution >= 4 is 11.7 Å². The van der Waals surface area contributed by atoms with Crippen LogP contribution in [0.2, 0.25) is 0 Å². The Hall–Kier alpha value is -1.00. The van der Waals surface area contributed by atoms with Crippen LogP contribution in [0.25, 0.3) is 0 Å². The Kier molecular flexibility index (Phi) is 4.46. The van der Waals surface area contributed by atoms with Crippen LogP contribution < -0.4 is 0 Å². The van der Waals surface area contributed by atoms with E-state index in [9.17, 15) is 18.4 Å². The first kappa shape index (κ1) is 15.1. The molecule has 2 rings (SSSR count). The molecule has 0 bridgehead atoms. The highest BCUT2D eigenvalue weighted by Gasteiger charge is 2.56. The van der Waals surface area contributed by atoms with E-state index in [1.807, 2.05) is 13.8 Å². The van der Waals surface area contributed by atoms with Crippen molar-refractivity contribution in [2.75, 3.05) is 13.1 Å². The van der Waals surface area contributed by atoms with Crippen LogP contribution >= 0.6 is 0 Å². The van der Waals surface area contributed by atoms with Gasteiger partial charge in [-0.2, -0.15) is 0 Å². The van der Waals surface area contributed by atoms with Crippen molar-refractivity contribution in [2.24, 2.45) is 5.41 Å². The Morgan fingerprint density at radius 3 is 1.78 bits per heavy atom. The lowest BCUT2D eigenvalue weighted by atomic mass is 9.98. The molecule has 2 fully saturated rings. The van der Waals surface area contributed by atoms with Crippen LogP contribution in [-0.4, -0.2) is 35.6 Å². The van der Waals surface area contributed by atoms with Gasteiger partial charge in [-0.3, -0.25) is 9.59 Å². The quantitative estimate of drug-likeness (QED) is 0.717. The molecule has 3 nitrogen and oxygen atoms in total. The Bertz CT molecular complexity index is 328. The van der Waals surface area contributed by atoms with Crippen molar-refractivity contribution in [2.45, 2.75) is 52.4 Å². The summed E-state index contributed by atoms with van der Waals surface area (Å²) in [5, 5.41) is 0. The fraction of sp³-hybridized carbons (Fsp3) is 0.846. The van der Waals surface area contributed by atoms with Crippen LogP contribution in [-0.2, 0) is 9.59 Å². The van der Waals surface area contributed by atoms with E-state index in [1.54, 1.807) is 0 Å². The van der Waals surface area contributed by atoms with E-state index < -0.39 is 11.3 Å². The number of carbonyl (C=O) groups is 2. The molecule has 0 atom stereocenters. The van der Waals surface area contributed by atoms with Crippen LogP contribution in [0.4, 0.5) is 8.78 Å². The molecule has 2 aliphatic rings. The summed E-state index contributed by atoms with van der Waals surface area (Å²) in [4.78, 5) is 24.8. The lowest BCUT2D eigenvalue weighted by molar-refractivity contribution is -0.147. The first-order valence-corrected chi connectivity index (χ1v) is 6.56. The van der Waals surface area contributed by atoms with Crippen molar-refractivity contribution in [3.05, 3.63) is 0 Å². The van der Waals surface area contributed by atoms with Crippen molar-refractivity contribution in [3.8, 4) is 0 Å². The molecule has 0 aromatic rings. The number of nitrogens with zero attached hydrogens (tertiary/aromatic N) is 1. The third kappa shape index (κ3) is 2.87. The maximum absolute atomic E-state index is 12.9. The highest BCUT2D eigenvalue weighted by Crippen LogP contribution is 2.48. The maximum atomic E-state index is 12.9. The molecule has 0 aromatic carbocycles. The molecule has 1 aliphatic carbocycles. The fourth-order valence-electron chi connectivity index (χ4n) is 2.18. The second-order valence-corrected chi connectivity index (χ2v) is 4.79. The van der Waals surface area contributed by atoms with Gasteiger partial charge in [0.2, 0.25) is 5.91 Å². The number of halogens is 2. The highest BCUT2D eigenvalue weighted by atomic mass is 19.3. The summed E-state index contributed by atoms with van der Waals surface area (Å²) in [6, 6.07) is 0. The van der Waals surface area contributed by atoms with E-state index in [-0.39, 0.29) is 37.6 Å². The van der Waals surface area contributed by atoms with Gasteiger partial charge in [0, 0.05) is 25.9 Å². The second kappa shape index (κ2) is 5.33. The van der Waals surface area contributed by atoms with Crippen LogP contribution in [0.1, 0.15) is 46.5 Å². The van der Waals surface area contributed by atoms with Gasteiger partial charge in [0.25, 0.3) is 5.92 Å². The van der Waals surface area contributed by atoms with E-state index in [4.69, 9.17) is 0 Å². The van der Waals surface area contributed by atoms with E-state index in [1.165, 1.54) is 11.8 Å². The number of amides is 1. The molecule has 0 N–H and O–H groups in total. The van der Waals surface area contributed by atoms with Gasteiger partial charge in [-0.05, 0) is 19.8 Å². The summed E-state index contributed by atoms with van der Waals surface area (Å²) in [5.41, 5.74) is -0.855. The molecule has 1 saturated carbocycles. The van der Waals surface area contributed by atoms with Crippen LogP contribution in [0.15, 0.2) is 0 Å². The van der Waals surface area contributed by atoms with E-state index in [0.29, 0.717) is 12.8 Å². The molecule has 0 unspecified atom stereocenters. The number of hydrogen-bond acceptors (Lipinski definition) is 2. The van der Waals surface area contributed by atoms with Gasteiger partial charge >= 0.3 is 0 Å². The molecule has 0 aromatic heterocycles. The first-order valence-electron chi connectivity index (χ1n) is 6.56. The maximum Gasteiger partial charge on any atom is 0.251 e. The monoisotopic (exact) mass is 261 g/mol. The summed E-state index contributed by atoms with van der Waals surface area (Å²) in [6.45, 7) is 5.55. The van der Waals surface area contributed by atoms with Crippen molar-refractivity contribution in [1.82, 2.24) is 4.90 Å². The summed E-state index contributed by atoms with van der Waals surface area (Å²) in [6.07, 6.45) is 0.585. The largest absolute Gasteiger partial charge is 0.341 e. The summed E-state index contributed by atoms with van der Waals surface area (Å²) < 4.78 is 25.8. The second-order valence-electron chi connectivity index (χ2n) is 4.79. The molecule has 0 radical (unpaired) electrons. The molecule has 0 spiro atoms. The van der Waals surface area contributed by atoms with Crippen LogP contribution in [0, 0.1) is 5.41 Å². The number of rotatable bonds is 2. The van der Waals surface area contributed by atoms with Crippen molar-refractivity contribution in [1.29, 1.82) is 0 Å². The smallest absolute Gasteiger partial charge is 0.251 e. The first-order chi connectivity index (χ1) is 8.37. The minimum atomic E-state index is -2.65. The Balaban J connectivity index is 0.000000771. The molecular formula is C13H21F2NO2. The molecule has 18 heavy (non-hydrogen) atoms. The highest BCUT2D eigenvalue weighted by molar-refractivity contribution is 6.07. The van der Waals surface area contributed by atoms with Crippen molar-refractivity contribution in [3.63, 3.8) is 0 Å². The lowest BCUT2D eigenvalue weighted by Gasteiger charge is -2.33. The van der Waals surface area contributed by atoms with Gasteiger partial charge in [-0.25, -0.2) is 8.78 Å². The SMILES string of the molecule is CC.CC(=O)C1(C(=O)N2CCC(F)(F)CC2)CC1. The average Bonchev–Trinajstić information content (AvgIpc) is 3.12. The zero-order valence-electron chi connectivity index (χ0n) is 11.3. The Morgan fingerprint density at radius 2 is 1.44 bits per heavy atom. The molecule has 1 aliphatic heterocycles. The number of piperidine rings is 1. The zero-order chi connectivity index (χ0) is 14.0.